The van der Waals surface area contributed by atoms with E-state index in [2.05, 4.69) is 33.1 Å². The lowest BCUT2D eigenvalue weighted by Crippen LogP contribution is -2.19. The highest BCUT2D eigenvalue weighted by Crippen LogP contribution is 2.22. The number of rotatable bonds is 2. The third-order valence-corrected chi connectivity index (χ3v) is 2.23. The molecule has 0 fully saturated rings. The molecule has 0 heterocycles. The first-order chi connectivity index (χ1) is 3.50. The van der Waals surface area contributed by atoms with Crippen LogP contribution in [0.5, 0.6) is 0 Å². The van der Waals surface area contributed by atoms with Gasteiger partial charge in [0.1, 0.15) is 0 Å². The van der Waals surface area contributed by atoms with Gasteiger partial charge in [0, 0.05) is 10.8 Å². The molecule has 8 heavy (non-hydrogen) atoms. The molecule has 0 saturated carbocycles. The van der Waals surface area contributed by atoms with Gasteiger partial charge in [-0.25, -0.2) is 0 Å². The minimum atomic E-state index is 0.106. The van der Waals surface area contributed by atoms with E-state index >= 15 is 0 Å². The predicted molar refractivity (Wildman–Crippen MR) is 41.2 cm³/mol. The van der Waals surface area contributed by atoms with Crippen LogP contribution in [0.15, 0.2) is 0 Å². The second-order valence-corrected chi connectivity index (χ2v) is 3.18. The van der Waals surface area contributed by atoms with Crippen molar-refractivity contribution in [1.82, 2.24) is 0 Å². The highest BCUT2D eigenvalue weighted by atomic mass is 32.1. The van der Waals surface area contributed by atoms with Gasteiger partial charge < -0.3 is 0 Å². The van der Waals surface area contributed by atoms with Gasteiger partial charge in [-0.1, -0.05) is 39.9 Å². The van der Waals surface area contributed by atoms with Crippen LogP contribution in [-0.2, 0) is 0 Å². The summed E-state index contributed by atoms with van der Waals surface area (Å²) in [7, 11) is 0. The number of hydrogen-bond donors (Lipinski definition) is 0. The lowest BCUT2D eigenvalue weighted by Gasteiger charge is -2.22. The quantitative estimate of drug-likeness (QED) is 0.516. The Bertz CT molecular complexity index is 82.4. The number of thiocarbonyl (C=S) groups is 1. The zero-order valence-corrected chi connectivity index (χ0v) is 6.80. The van der Waals surface area contributed by atoms with Gasteiger partial charge >= 0.3 is 0 Å². The average Bonchev–Trinajstić information content (AvgIpc) is 1.67. The molecular weight excluding hydrogens is 116 g/mol. The summed E-state index contributed by atoms with van der Waals surface area (Å²) in [6.45, 7) is 8.51. The largest absolute Gasteiger partial charge is 0.0831 e. The van der Waals surface area contributed by atoms with E-state index in [0.717, 1.165) is 0 Å². The molecule has 1 heteroatoms. The summed E-state index contributed by atoms with van der Waals surface area (Å²) >= 11 is 4.71. The molecule has 0 rings (SSSR count). The SMILES string of the molecule is CC(C)C(C)(C)[C]=S. The van der Waals surface area contributed by atoms with Crippen molar-refractivity contribution >= 4 is 17.6 Å². The van der Waals surface area contributed by atoms with Crippen molar-refractivity contribution in [3.05, 3.63) is 0 Å². The van der Waals surface area contributed by atoms with Crippen molar-refractivity contribution in [2.24, 2.45) is 11.3 Å². The Morgan fingerprint density at radius 1 is 1.38 bits per heavy atom. The maximum atomic E-state index is 4.71. The fraction of sp³-hybridized carbons (Fsp3) is 0.857. The van der Waals surface area contributed by atoms with Gasteiger partial charge in [0.25, 0.3) is 0 Å². The molecule has 1 radical (unpaired) electrons. The van der Waals surface area contributed by atoms with Crippen LogP contribution in [0.4, 0.5) is 0 Å². The molecule has 0 aliphatic heterocycles. The van der Waals surface area contributed by atoms with Gasteiger partial charge in [0.2, 0.25) is 0 Å². The Kier molecular flexibility index (Phi) is 2.61. The molecule has 0 spiro atoms. The lowest BCUT2D eigenvalue weighted by molar-refractivity contribution is 0.378. The second kappa shape index (κ2) is 2.58. The second-order valence-electron chi connectivity index (χ2n) is 2.98. The minimum Gasteiger partial charge on any atom is -0.0831 e. The summed E-state index contributed by atoms with van der Waals surface area (Å²) in [5, 5.41) is 2.82. The Hall–Kier alpha value is 0.0900. The van der Waals surface area contributed by atoms with E-state index in [0.29, 0.717) is 5.92 Å². The van der Waals surface area contributed by atoms with Crippen LogP contribution in [0.1, 0.15) is 27.7 Å². The smallest absolute Gasteiger partial charge is 0.0355 e. The zero-order valence-electron chi connectivity index (χ0n) is 5.99. The van der Waals surface area contributed by atoms with Crippen molar-refractivity contribution in [2.45, 2.75) is 27.7 Å². The Morgan fingerprint density at radius 3 is 1.75 bits per heavy atom. The van der Waals surface area contributed by atoms with Gasteiger partial charge in [-0.05, 0) is 5.92 Å². The van der Waals surface area contributed by atoms with Crippen LogP contribution in [0.25, 0.3) is 0 Å². The van der Waals surface area contributed by atoms with Crippen molar-refractivity contribution in [2.75, 3.05) is 0 Å². The normalized spacial score (nSPS) is 12.1. The van der Waals surface area contributed by atoms with Crippen LogP contribution >= 0.6 is 12.2 Å². The molecule has 0 aromatic rings. The molecule has 0 atom stereocenters. The summed E-state index contributed by atoms with van der Waals surface area (Å²) in [4.78, 5) is 0. The summed E-state index contributed by atoms with van der Waals surface area (Å²) in [5.74, 6) is 0.597. The van der Waals surface area contributed by atoms with Crippen LogP contribution in [0.3, 0.4) is 0 Å². The monoisotopic (exact) mass is 129 g/mol. The molecule has 0 saturated heterocycles. The molecule has 0 aromatic carbocycles. The summed E-state index contributed by atoms with van der Waals surface area (Å²) in [6.07, 6.45) is 0. The first kappa shape index (κ1) is 8.09. The predicted octanol–water partition coefficient (Wildman–Crippen LogP) is 2.55. The van der Waals surface area contributed by atoms with Gasteiger partial charge in [0.05, 0.1) is 0 Å². The third-order valence-electron chi connectivity index (χ3n) is 1.71. The van der Waals surface area contributed by atoms with E-state index in [1.165, 1.54) is 0 Å². The lowest BCUT2D eigenvalue weighted by atomic mass is 9.84. The molecule has 0 nitrogen and oxygen atoms in total. The Labute approximate surface area is 57.3 Å². The Balaban J connectivity index is 3.90. The van der Waals surface area contributed by atoms with E-state index in [1.807, 2.05) is 0 Å². The van der Waals surface area contributed by atoms with Crippen molar-refractivity contribution < 1.29 is 0 Å². The first-order valence-electron chi connectivity index (χ1n) is 2.90. The van der Waals surface area contributed by atoms with Gasteiger partial charge in [0.15, 0.2) is 0 Å². The van der Waals surface area contributed by atoms with Gasteiger partial charge in [-0.15, -0.1) is 0 Å². The molecule has 0 aliphatic carbocycles. The topological polar surface area (TPSA) is 0 Å². The third kappa shape index (κ3) is 1.91. The van der Waals surface area contributed by atoms with Crippen molar-refractivity contribution in [3.8, 4) is 0 Å². The van der Waals surface area contributed by atoms with Crippen LogP contribution in [0, 0.1) is 11.3 Å². The maximum Gasteiger partial charge on any atom is 0.0355 e. The first-order valence-corrected chi connectivity index (χ1v) is 3.31. The summed E-state index contributed by atoms with van der Waals surface area (Å²) in [6, 6.07) is 0. The molecular formula is C7H13S. The van der Waals surface area contributed by atoms with Crippen molar-refractivity contribution in [3.63, 3.8) is 0 Å². The maximum absolute atomic E-state index is 4.71. The molecule has 47 valence electrons. The fourth-order valence-electron chi connectivity index (χ4n) is 0.118. The molecule has 0 aliphatic rings. The molecule has 0 N–H and O–H groups in total. The van der Waals surface area contributed by atoms with Crippen LogP contribution in [-0.4, -0.2) is 5.37 Å². The fourth-order valence-corrected chi connectivity index (χ4v) is 0.354. The highest BCUT2D eigenvalue weighted by Gasteiger charge is 2.18. The minimum absolute atomic E-state index is 0.106. The van der Waals surface area contributed by atoms with E-state index in [1.54, 1.807) is 0 Å². The van der Waals surface area contributed by atoms with Crippen LogP contribution < -0.4 is 0 Å². The standard InChI is InChI=1S/C7H13S/c1-6(2)7(3,4)5-8/h6H,1-4H3. The van der Waals surface area contributed by atoms with Crippen LogP contribution in [0.2, 0.25) is 0 Å². The van der Waals surface area contributed by atoms with Gasteiger partial charge in [-0.3, -0.25) is 0 Å². The molecule has 0 unspecified atom stereocenters. The van der Waals surface area contributed by atoms with Gasteiger partial charge in [-0.2, -0.15) is 0 Å². The zero-order chi connectivity index (χ0) is 6.78. The summed E-state index contributed by atoms with van der Waals surface area (Å²) in [5.41, 5.74) is 0.106. The molecule has 0 amide bonds. The van der Waals surface area contributed by atoms with E-state index in [9.17, 15) is 0 Å². The molecule has 0 bridgehead atoms. The summed E-state index contributed by atoms with van der Waals surface area (Å²) < 4.78 is 0. The Morgan fingerprint density at radius 2 is 1.75 bits per heavy atom. The molecule has 0 aromatic heterocycles. The van der Waals surface area contributed by atoms with Crippen molar-refractivity contribution in [1.29, 1.82) is 0 Å². The van der Waals surface area contributed by atoms with E-state index < -0.39 is 0 Å². The van der Waals surface area contributed by atoms with E-state index in [-0.39, 0.29) is 5.41 Å². The average molecular weight is 129 g/mol. The van der Waals surface area contributed by atoms with E-state index in [4.69, 9.17) is 12.2 Å². The highest BCUT2D eigenvalue weighted by molar-refractivity contribution is 7.79. The number of hydrogen-bond acceptors (Lipinski definition) is 1.